The highest BCUT2D eigenvalue weighted by atomic mass is 16.5. The Labute approximate surface area is 110 Å². The summed E-state index contributed by atoms with van der Waals surface area (Å²) >= 11 is 0. The van der Waals surface area contributed by atoms with E-state index < -0.39 is 0 Å². The van der Waals surface area contributed by atoms with Gasteiger partial charge in [-0.15, -0.1) is 0 Å². The lowest BCUT2D eigenvalue weighted by molar-refractivity contribution is 0.0130. The van der Waals surface area contributed by atoms with E-state index >= 15 is 0 Å². The maximum absolute atomic E-state index is 5.86. The fourth-order valence-corrected chi connectivity index (χ4v) is 2.70. The lowest BCUT2D eigenvalue weighted by Crippen LogP contribution is -2.42. The molecule has 0 aliphatic carbocycles. The summed E-state index contributed by atoms with van der Waals surface area (Å²) in [5.74, 6) is 0. The molecular weight excluding hydrogens is 224 g/mol. The van der Waals surface area contributed by atoms with Crippen molar-refractivity contribution in [3.63, 3.8) is 0 Å². The highest BCUT2D eigenvalue weighted by Gasteiger charge is 2.25. The third-order valence-electron chi connectivity index (χ3n) is 4.02. The van der Waals surface area contributed by atoms with E-state index in [0.29, 0.717) is 12.1 Å². The molecular formula is C15H24N2O. The molecule has 0 radical (unpaired) electrons. The van der Waals surface area contributed by atoms with Crippen LogP contribution in [0.3, 0.4) is 0 Å². The molecule has 2 atom stereocenters. The van der Waals surface area contributed by atoms with Crippen molar-refractivity contribution in [2.24, 2.45) is 0 Å². The molecule has 1 saturated heterocycles. The fourth-order valence-electron chi connectivity index (χ4n) is 2.70. The van der Waals surface area contributed by atoms with Gasteiger partial charge in [0.05, 0.1) is 6.10 Å². The van der Waals surface area contributed by atoms with Crippen molar-refractivity contribution < 1.29 is 4.74 Å². The van der Waals surface area contributed by atoms with Crippen LogP contribution in [0.2, 0.25) is 0 Å². The normalized spacial score (nSPS) is 25.3. The van der Waals surface area contributed by atoms with Crippen molar-refractivity contribution in [1.29, 1.82) is 0 Å². The monoisotopic (exact) mass is 248 g/mol. The number of hydrogen-bond donors (Lipinski definition) is 1. The predicted octanol–water partition coefficient (Wildman–Crippen LogP) is 2.58. The molecule has 2 unspecified atom stereocenters. The molecule has 1 aliphatic rings. The summed E-state index contributed by atoms with van der Waals surface area (Å²) in [5, 5.41) is 0. The Morgan fingerprint density at radius 3 is 2.83 bits per heavy atom. The van der Waals surface area contributed by atoms with E-state index in [1.807, 2.05) is 13.2 Å². The maximum Gasteiger partial charge on any atom is 0.0598 e. The van der Waals surface area contributed by atoms with Gasteiger partial charge in [0.1, 0.15) is 0 Å². The molecule has 2 rings (SSSR count). The molecule has 100 valence electrons. The van der Waals surface area contributed by atoms with Gasteiger partial charge in [-0.2, -0.15) is 0 Å². The molecule has 0 aromatic heterocycles. The number of nitrogens with two attached hydrogens (primary N) is 1. The average Bonchev–Trinajstić information content (AvgIpc) is 2.36. The average molecular weight is 248 g/mol. The number of ether oxygens (including phenoxy) is 1. The van der Waals surface area contributed by atoms with E-state index in [-0.39, 0.29) is 0 Å². The number of hydrogen-bond acceptors (Lipinski definition) is 3. The number of aryl methyl sites for hydroxylation is 1. The molecule has 1 heterocycles. The highest BCUT2D eigenvalue weighted by Crippen LogP contribution is 2.22. The van der Waals surface area contributed by atoms with Gasteiger partial charge in [0.2, 0.25) is 0 Å². The number of likely N-dealkylation sites (tertiary alicyclic amines) is 1. The summed E-state index contributed by atoms with van der Waals surface area (Å²) in [6.07, 6.45) is 2.70. The van der Waals surface area contributed by atoms with E-state index in [1.165, 1.54) is 11.1 Å². The van der Waals surface area contributed by atoms with E-state index in [2.05, 4.69) is 30.9 Å². The van der Waals surface area contributed by atoms with Crippen molar-refractivity contribution in [3.05, 3.63) is 29.3 Å². The van der Waals surface area contributed by atoms with Crippen molar-refractivity contribution in [3.8, 4) is 0 Å². The zero-order chi connectivity index (χ0) is 13.1. The van der Waals surface area contributed by atoms with Crippen LogP contribution in [-0.4, -0.2) is 30.7 Å². The van der Waals surface area contributed by atoms with Gasteiger partial charge < -0.3 is 10.5 Å². The van der Waals surface area contributed by atoms with Gasteiger partial charge in [-0.3, -0.25) is 4.90 Å². The lowest BCUT2D eigenvalue weighted by atomic mass is 9.99. The van der Waals surface area contributed by atoms with Crippen LogP contribution in [0.1, 0.15) is 30.9 Å². The molecule has 3 nitrogen and oxygen atoms in total. The van der Waals surface area contributed by atoms with Crippen LogP contribution in [0.15, 0.2) is 18.2 Å². The largest absolute Gasteiger partial charge is 0.399 e. The first-order valence-corrected chi connectivity index (χ1v) is 6.72. The molecule has 1 aromatic rings. The molecule has 0 spiro atoms. The number of rotatable bonds is 3. The van der Waals surface area contributed by atoms with E-state index in [0.717, 1.165) is 31.6 Å². The number of benzene rings is 1. The number of nitrogen functional groups attached to an aromatic ring is 1. The SMILES string of the molecule is COC1CCN(Cc2ccc(N)c(C)c2)C(C)C1. The Balaban J connectivity index is 1.99. The van der Waals surface area contributed by atoms with E-state index in [4.69, 9.17) is 10.5 Å². The Kier molecular flexibility index (Phi) is 4.25. The highest BCUT2D eigenvalue weighted by molar-refractivity contribution is 5.47. The Morgan fingerprint density at radius 1 is 1.44 bits per heavy atom. The number of nitrogens with zero attached hydrogens (tertiary/aromatic N) is 1. The van der Waals surface area contributed by atoms with Gasteiger partial charge in [-0.25, -0.2) is 0 Å². The van der Waals surface area contributed by atoms with Crippen molar-refractivity contribution >= 4 is 5.69 Å². The first kappa shape index (κ1) is 13.4. The van der Waals surface area contributed by atoms with Crippen molar-refractivity contribution in [2.75, 3.05) is 19.4 Å². The molecule has 18 heavy (non-hydrogen) atoms. The zero-order valence-corrected chi connectivity index (χ0v) is 11.6. The van der Waals surface area contributed by atoms with Crippen LogP contribution in [0.5, 0.6) is 0 Å². The molecule has 0 amide bonds. The Morgan fingerprint density at radius 2 is 2.22 bits per heavy atom. The van der Waals surface area contributed by atoms with Crippen LogP contribution < -0.4 is 5.73 Å². The summed E-state index contributed by atoms with van der Waals surface area (Å²) in [5.41, 5.74) is 9.26. The number of methoxy groups -OCH3 is 1. The molecule has 1 aliphatic heterocycles. The third-order valence-corrected chi connectivity index (χ3v) is 4.02. The minimum atomic E-state index is 0.435. The maximum atomic E-state index is 5.86. The second-order valence-electron chi connectivity index (χ2n) is 5.39. The zero-order valence-electron chi connectivity index (χ0n) is 11.6. The molecule has 0 bridgehead atoms. The van der Waals surface area contributed by atoms with Gasteiger partial charge >= 0.3 is 0 Å². The predicted molar refractivity (Wildman–Crippen MR) is 75.5 cm³/mol. The minimum absolute atomic E-state index is 0.435. The molecule has 2 N–H and O–H groups in total. The summed E-state index contributed by atoms with van der Waals surface area (Å²) in [6.45, 7) is 6.48. The topological polar surface area (TPSA) is 38.5 Å². The summed E-state index contributed by atoms with van der Waals surface area (Å²) in [4.78, 5) is 2.53. The standard InChI is InChI=1S/C15H24N2O/c1-11-8-13(4-5-15(11)16)10-17-7-6-14(18-3)9-12(17)2/h4-5,8,12,14H,6-7,9-10,16H2,1-3H3. The van der Waals surface area contributed by atoms with Crippen molar-refractivity contribution in [1.82, 2.24) is 4.90 Å². The van der Waals surface area contributed by atoms with E-state index in [1.54, 1.807) is 0 Å². The second-order valence-corrected chi connectivity index (χ2v) is 5.39. The van der Waals surface area contributed by atoms with Gasteiger partial charge in [0.15, 0.2) is 0 Å². The number of piperidine rings is 1. The van der Waals surface area contributed by atoms with Gasteiger partial charge in [0.25, 0.3) is 0 Å². The molecule has 1 fully saturated rings. The smallest absolute Gasteiger partial charge is 0.0598 e. The molecule has 1 aromatic carbocycles. The lowest BCUT2D eigenvalue weighted by Gasteiger charge is -2.37. The first-order chi connectivity index (χ1) is 8.60. The Bertz CT molecular complexity index is 405. The van der Waals surface area contributed by atoms with Gasteiger partial charge in [0, 0.05) is 31.9 Å². The van der Waals surface area contributed by atoms with E-state index in [9.17, 15) is 0 Å². The fraction of sp³-hybridized carbons (Fsp3) is 0.600. The summed E-state index contributed by atoms with van der Waals surface area (Å²) in [6, 6.07) is 6.93. The Hall–Kier alpha value is -1.06. The van der Waals surface area contributed by atoms with Crippen LogP contribution in [0, 0.1) is 6.92 Å². The molecule has 3 heteroatoms. The first-order valence-electron chi connectivity index (χ1n) is 6.72. The van der Waals surface area contributed by atoms with Crippen LogP contribution in [0.25, 0.3) is 0 Å². The van der Waals surface area contributed by atoms with Crippen LogP contribution in [0.4, 0.5) is 5.69 Å². The van der Waals surface area contributed by atoms with Gasteiger partial charge in [-0.05, 0) is 43.9 Å². The van der Waals surface area contributed by atoms with Crippen LogP contribution in [-0.2, 0) is 11.3 Å². The minimum Gasteiger partial charge on any atom is -0.399 e. The molecule has 0 saturated carbocycles. The third kappa shape index (κ3) is 3.03. The second kappa shape index (κ2) is 5.72. The van der Waals surface area contributed by atoms with Crippen molar-refractivity contribution in [2.45, 2.75) is 45.4 Å². The summed E-state index contributed by atoms with van der Waals surface area (Å²) in [7, 11) is 1.82. The summed E-state index contributed by atoms with van der Waals surface area (Å²) < 4.78 is 5.45. The quantitative estimate of drug-likeness (QED) is 0.836. The number of anilines is 1. The van der Waals surface area contributed by atoms with Gasteiger partial charge in [-0.1, -0.05) is 12.1 Å². The van der Waals surface area contributed by atoms with Crippen LogP contribution >= 0.6 is 0 Å².